The second-order valence-corrected chi connectivity index (χ2v) is 12.4. The zero-order valence-corrected chi connectivity index (χ0v) is 26.9. The molecule has 2 heterocycles. The van der Waals surface area contributed by atoms with Gasteiger partial charge in [0.2, 0.25) is 5.12 Å². The van der Waals surface area contributed by atoms with Crippen LogP contribution in [0.4, 0.5) is 4.79 Å². The maximum Gasteiger partial charge on any atom is 0.408 e. The van der Waals surface area contributed by atoms with Gasteiger partial charge in [0.15, 0.2) is 23.7 Å². The van der Waals surface area contributed by atoms with E-state index in [1.807, 2.05) is 24.3 Å². The fraction of sp³-hybridized carbons (Fsp3) is 0.533. The standard InChI is InChI=1S/C30H38N2O12S/c1-15(33)39-14-23-24(40-16(2)34)25(41-17(3)35)26(42-18(4)36)28(43-23)45-27(37)22(32-29(38)44-30(5,6)7)12-19-13-31-21-11-9-8-10-20(19)21/h8-11,13,22-26,28,31H,12,14H2,1-7H3,(H,32,38)/t22?,23-,24-,25+,26-,28+/m1/s1. The van der Waals surface area contributed by atoms with Gasteiger partial charge < -0.3 is 38.7 Å². The van der Waals surface area contributed by atoms with E-state index in [1.54, 1.807) is 27.0 Å². The van der Waals surface area contributed by atoms with Crippen molar-refractivity contribution in [3.63, 3.8) is 0 Å². The monoisotopic (exact) mass is 650 g/mol. The number of rotatable bonds is 10. The molecule has 15 heteroatoms. The third-order valence-corrected chi connectivity index (χ3v) is 7.38. The number of benzene rings is 1. The number of carbonyl (C=O) groups excluding carboxylic acids is 6. The number of nitrogens with one attached hydrogen (secondary N) is 2. The fourth-order valence-electron chi connectivity index (χ4n) is 4.64. The maximum absolute atomic E-state index is 14.0. The van der Waals surface area contributed by atoms with Crippen LogP contribution in [0.5, 0.6) is 0 Å². The highest BCUT2D eigenvalue weighted by atomic mass is 32.2. The maximum atomic E-state index is 14.0. The van der Waals surface area contributed by atoms with Crippen molar-refractivity contribution in [3.8, 4) is 0 Å². The largest absolute Gasteiger partial charge is 0.463 e. The molecule has 2 N–H and O–H groups in total. The Bertz CT molecular complexity index is 1420. The molecule has 1 aliphatic heterocycles. The summed E-state index contributed by atoms with van der Waals surface area (Å²) in [7, 11) is 0. The van der Waals surface area contributed by atoms with Gasteiger partial charge in [-0.1, -0.05) is 30.0 Å². The summed E-state index contributed by atoms with van der Waals surface area (Å²) in [6.07, 6.45) is -4.58. The van der Waals surface area contributed by atoms with Crippen LogP contribution in [-0.4, -0.2) is 88.2 Å². The summed E-state index contributed by atoms with van der Waals surface area (Å²) in [4.78, 5) is 77.9. The summed E-state index contributed by atoms with van der Waals surface area (Å²) >= 11 is 0.565. The van der Waals surface area contributed by atoms with Crippen LogP contribution in [0, 0.1) is 0 Å². The molecule has 1 saturated heterocycles. The van der Waals surface area contributed by atoms with Crippen molar-refractivity contribution in [2.24, 2.45) is 0 Å². The minimum atomic E-state index is -1.45. The van der Waals surface area contributed by atoms with Crippen LogP contribution in [0.1, 0.15) is 54.0 Å². The van der Waals surface area contributed by atoms with Crippen LogP contribution in [0.25, 0.3) is 10.9 Å². The molecule has 246 valence electrons. The van der Waals surface area contributed by atoms with Gasteiger partial charge >= 0.3 is 30.0 Å². The van der Waals surface area contributed by atoms with E-state index < -0.39 is 83.2 Å². The van der Waals surface area contributed by atoms with Gasteiger partial charge in [-0.25, -0.2) is 4.79 Å². The quantitative estimate of drug-likeness (QED) is 0.283. The molecule has 2 aromatic rings. The average molecular weight is 651 g/mol. The van der Waals surface area contributed by atoms with Gasteiger partial charge in [-0.15, -0.1) is 0 Å². The van der Waals surface area contributed by atoms with E-state index in [0.717, 1.165) is 44.2 Å². The molecule has 1 fully saturated rings. The Hall–Kier alpha value is -4.11. The highest BCUT2D eigenvalue weighted by Crippen LogP contribution is 2.35. The molecule has 0 spiro atoms. The lowest BCUT2D eigenvalue weighted by molar-refractivity contribution is -0.237. The van der Waals surface area contributed by atoms with Gasteiger partial charge in [-0.3, -0.25) is 24.0 Å². The topological polar surface area (TPSA) is 186 Å². The number of esters is 4. The first-order valence-electron chi connectivity index (χ1n) is 14.1. The summed E-state index contributed by atoms with van der Waals surface area (Å²) in [6.45, 7) is 9.04. The predicted octanol–water partition coefficient (Wildman–Crippen LogP) is 2.95. The Morgan fingerprint density at radius 3 is 2.09 bits per heavy atom. The molecule has 1 aromatic carbocycles. The van der Waals surface area contributed by atoms with E-state index in [2.05, 4.69) is 10.3 Å². The summed E-state index contributed by atoms with van der Waals surface area (Å²) in [5.41, 5.74) is -0.666. The average Bonchev–Trinajstić information content (AvgIpc) is 3.31. The normalized spacial score (nSPS) is 22.1. The molecule has 6 atom stereocenters. The van der Waals surface area contributed by atoms with Crippen LogP contribution >= 0.6 is 11.8 Å². The Kier molecular flexibility index (Phi) is 12.0. The van der Waals surface area contributed by atoms with Crippen LogP contribution in [0.3, 0.4) is 0 Å². The molecule has 0 saturated carbocycles. The number of hydrogen-bond acceptors (Lipinski definition) is 13. The molecule has 1 unspecified atom stereocenters. The lowest BCUT2D eigenvalue weighted by atomic mass is 9.99. The number of fused-ring (bicyclic) bond motifs is 1. The zero-order chi connectivity index (χ0) is 33.5. The van der Waals surface area contributed by atoms with Crippen LogP contribution in [-0.2, 0) is 58.8 Å². The first-order chi connectivity index (χ1) is 21.0. The van der Waals surface area contributed by atoms with Gasteiger partial charge in [0.25, 0.3) is 0 Å². The van der Waals surface area contributed by atoms with Crippen molar-refractivity contribution in [2.45, 2.75) is 96.4 Å². The number of aromatic amines is 1. The van der Waals surface area contributed by atoms with Gasteiger partial charge in [0, 0.05) is 51.2 Å². The molecule has 0 aliphatic carbocycles. The molecule has 1 aliphatic rings. The van der Waals surface area contributed by atoms with Gasteiger partial charge in [0.1, 0.15) is 24.4 Å². The summed E-state index contributed by atoms with van der Waals surface area (Å²) in [5, 5.41) is 2.83. The number of para-hydroxylation sites is 1. The third-order valence-electron chi connectivity index (χ3n) is 6.25. The van der Waals surface area contributed by atoms with E-state index in [9.17, 15) is 28.8 Å². The Labute approximate surface area is 264 Å². The van der Waals surface area contributed by atoms with Gasteiger partial charge in [0.05, 0.1) is 0 Å². The summed E-state index contributed by atoms with van der Waals surface area (Å²) in [6, 6.07) is 6.25. The van der Waals surface area contributed by atoms with Gasteiger partial charge in [-0.05, 0) is 32.4 Å². The Morgan fingerprint density at radius 2 is 1.49 bits per heavy atom. The number of aromatic nitrogens is 1. The molecule has 45 heavy (non-hydrogen) atoms. The Balaban J connectivity index is 1.99. The van der Waals surface area contributed by atoms with Crippen LogP contribution < -0.4 is 5.32 Å². The number of H-pyrrole nitrogens is 1. The summed E-state index contributed by atoms with van der Waals surface area (Å²) < 4.78 is 32.8. The number of carbonyl (C=O) groups is 6. The molecule has 14 nitrogen and oxygen atoms in total. The van der Waals surface area contributed by atoms with Crippen molar-refractivity contribution in [3.05, 3.63) is 36.0 Å². The smallest absolute Gasteiger partial charge is 0.408 e. The molecular weight excluding hydrogens is 612 g/mol. The van der Waals surface area contributed by atoms with Crippen molar-refractivity contribution >= 4 is 57.8 Å². The van der Waals surface area contributed by atoms with E-state index in [4.69, 9.17) is 28.4 Å². The highest BCUT2D eigenvalue weighted by Gasteiger charge is 2.53. The number of thioether (sulfide) groups is 1. The second kappa shape index (κ2) is 15.3. The zero-order valence-electron chi connectivity index (χ0n) is 26.1. The van der Waals surface area contributed by atoms with Crippen molar-refractivity contribution in [1.82, 2.24) is 10.3 Å². The SMILES string of the molecule is CC(=O)OC[C@H]1O[C@@H](SC(=O)C(Cc2c[nH]c3ccccc23)NC(=O)OC(C)(C)C)[C@H](OC(C)=O)[C@@H](OC(C)=O)[C@@H]1OC(C)=O. The molecule has 1 aromatic heterocycles. The van der Waals surface area contributed by atoms with E-state index in [1.165, 1.54) is 0 Å². The van der Waals surface area contributed by atoms with E-state index in [0.29, 0.717) is 11.8 Å². The second-order valence-electron chi connectivity index (χ2n) is 11.3. The van der Waals surface area contributed by atoms with Crippen LogP contribution in [0.15, 0.2) is 30.5 Å². The third kappa shape index (κ3) is 10.5. The molecular formula is C30H38N2O12S. The lowest BCUT2D eigenvalue weighted by Crippen LogP contribution is -2.62. The first kappa shape index (κ1) is 35.4. The number of ether oxygens (including phenoxy) is 6. The number of amides is 1. The predicted molar refractivity (Wildman–Crippen MR) is 160 cm³/mol. The van der Waals surface area contributed by atoms with Crippen molar-refractivity contribution in [2.75, 3.05) is 6.61 Å². The number of hydrogen-bond donors (Lipinski definition) is 2. The van der Waals surface area contributed by atoms with Crippen LogP contribution in [0.2, 0.25) is 0 Å². The van der Waals surface area contributed by atoms with E-state index in [-0.39, 0.29) is 6.42 Å². The highest BCUT2D eigenvalue weighted by molar-refractivity contribution is 8.14. The summed E-state index contributed by atoms with van der Waals surface area (Å²) in [5.74, 6) is -3.06. The van der Waals surface area contributed by atoms with E-state index >= 15 is 0 Å². The minimum Gasteiger partial charge on any atom is -0.463 e. The number of alkyl carbamates (subject to hydrolysis) is 1. The lowest BCUT2D eigenvalue weighted by Gasteiger charge is -2.44. The Morgan fingerprint density at radius 1 is 0.889 bits per heavy atom. The molecule has 1 amide bonds. The molecule has 0 bridgehead atoms. The fourth-order valence-corrected chi connectivity index (χ4v) is 5.72. The van der Waals surface area contributed by atoms with Crippen molar-refractivity contribution < 1.29 is 57.2 Å². The molecule has 3 rings (SSSR count). The molecule has 0 radical (unpaired) electrons. The van der Waals surface area contributed by atoms with Gasteiger partial charge in [-0.2, -0.15) is 0 Å². The van der Waals surface area contributed by atoms with Crippen molar-refractivity contribution in [1.29, 1.82) is 0 Å². The minimum absolute atomic E-state index is 0.0420. The first-order valence-corrected chi connectivity index (χ1v) is 15.0.